The van der Waals surface area contributed by atoms with Crippen LogP contribution in [-0.2, 0) is 12.8 Å². The van der Waals surface area contributed by atoms with Crippen LogP contribution in [0.3, 0.4) is 0 Å². The molecule has 2 aliphatic rings. The van der Waals surface area contributed by atoms with Crippen molar-refractivity contribution < 1.29 is 5.11 Å². The zero-order valence-corrected chi connectivity index (χ0v) is 12.0. The quantitative estimate of drug-likeness (QED) is 0.830. The Labute approximate surface area is 125 Å². The molecule has 0 fully saturated rings. The third-order valence-corrected chi connectivity index (χ3v) is 4.57. The molecule has 0 bridgehead atoms. The van der Waals surface area contributed by atoms with Crippen molar-refractivity contribution in [1.29, 1.82) is 0 Å². The van der Waals surface area contributed by atoms with Crippen LogP contribution in [0.15, 0.2) is 42.5 Å². The smallest absolute Gasteiger partial charge is 0.151 e. The molecule has 0 saturated heterocycles. The average molecular weight is 277 g/mol. The van der Waals surface area contributed by atoms with Crippen LogP contribution >= 0.6 is 0 Å². The summed E-state index contributed by atoms with van der Waals surface area (Å²) in [5.41, 5.74) is 7.31. The largest absolute Gasteiger partial charge is 0.369 e. The molecule has 4 rings (SSSR count). The highest BCUT2D eigenvalue weighted by Gasteiger charge is 2.24. The van der Waals surface area contributed by atoms with Crippen LogP contribution in [0.1, 0.15) is 35.1 Å². The van der Waals surface area contributed by atoms with Gasteiger partial charge in [-0.15, -0.1) is 0 Å². The van der Waals surface area contributed by atoms with Gasteiger partial charge in [-0.25, -0.2) is 0 Å². The second-order valence-corrected chi connectivity index (χ2v) is 5.88. The summed E-state index contributed by atoms with van der Waals surface area (Å²) < 4.78 is 0. The van der Waals surface area contributed by atoms with E-state index in [0.717, 1.165) is 23.2 Å². The fourth-order valence-corrected chi connectivity index (χ4v) is 3.50. The summed E-state index contributed by atoms with van der Waals surface area (Å²) in [7, 11) is 0. The summed E-state index contributed by atoms with van der Waals surface area (Å²) >= 11 is 0. The minimum absolute atomic E-state index is 0.609. The van der Waals surface area contributed by atoms with Gasteiger partial charge in [0.15, 0.2) is 6.23 Å². The molecule has 0 aromatic heterocycles. The summed E-state index contributed by atoms with van der Waals surface area (Å²) in [4.78, 5) is 0. The third-order valence-electron chi connectivity index (χ3n) is 4.57. The Morgan fingerprint density at radius 1 is 1.00 bits per heavy atom. The third kappa shape index (κ3) is 2.16. The maximum atomic E-state index is 10.3. The standard InChI is InChI=1S/C19H19NO/c21-19-17(16-10-3-4-11-18(16)20-19)12-14-8-5-7-13-6-1-2-9-15(13)14/h3-5,7-8,10-12,19-21H,1-2,6,9H2. The topological polar surface area (TPSA) is 32.3 Å². The van der Waals surface area contributed by atoms with Gasteiger partial charge in [0.1, 0.15) is 0 Å². The summed E-state index contributed by atoms with van der Waals surface area (Å²) in [5, 5.41) is 13.4. The van der Waals surface area contributed by atoms with Gasteiger partial charge in [0.2, 0.25) is 0 Å². The molecule has 0 spiro atoms. The highest BCUT2D eigenvalue weighted by molar-refractivity contribution is 5.94. The molecule has 1 unspecified atom stereocenters. The molecule has 2 N–H and O–H groups in total. The van der Waals surface area contributed by atoms with Crippen molar-refractivity contribution in [3.8, 4) is 0 Å². The fraction of sp³-hybridized carbons (Fsp3) is 0.263. The van der Waals surface area contributed by atoms with E-state index in [1.807, 2.05) is 18.2 Å². The fourth-order valence-electron chi connectivity index (χ4n) is 3.50. The Bertz CT molecular complexity index is 717. The Hall–Kier alpha value is -2.06. The molecule has 1 heterocycles. The summed E-state index contributed by atoms with van der Waals surface area (Å²) in [5.74, 6) is 0. The van der Waals surface area contributed by atoms with Crippen LogP contribution in [0.5, 0.6) is 0 Å². The number of benzene rings is 2. The van der Waals surface area contributed by atoms with Gasteiger partial charge in [-0.2, -0.15) is 0 Å². The number of aliphatic hydroxyl groups excluding tert-OH is 1. The van der Waals surface area contributed by atoms with Crippen LogP contribution in [0.25, 0.3) is 11.6 Å². The lowest BCUT2D eigenvalue weighted by molar-refractivity contribution is 0.266. The number of nitrogens with one attached hydrogen (secondary N) is 1. The van der Waals surface area contributed by atoms with Crippen LogP contribution in [0, 0.1) is 0 Å². The minimum Gasteiger partial charge on any atom is -0.369 e. The first kappa shape index (κ1) is 12.7. The summed E-state index contributed by atoms with van der Waals surface area (Å²) in [6.07, 6.45) is 6.45. The van der Waals surface area contributed by atoms with Gasteiger partial charge in [0.05, 0.1) is 0 Å². The van der Waals surface area contributed by atoms with Crippen LogP contribution in [0.2, 0.25) is 0 Å². The number of aryl methyl sites for hydroxylation is 1. The first-order valence-electron chi connectivity index (χ1n) is 7.69. The monoisotopic (exact) mass is 277 g/mol. The lowest BCUT2D eigenvalue weighted by Gasteiger charge is -2.18. The molecule has 1 aliphatic carbocycles. The van der Waals surface area contributed by atoms with E-state index in [4.69, 9.17) is 0 Å². The normalized spacial score (nSPS) is 21.8. The second kappa shape index (κ2) is 5.05. The van der Waals surface area contributed by atoms with Gasteiger partial charge in [-0.1, -0.05) is 36.4 Å². The van der Waals surface area contributed by atoms with Crippen LogP contribution in [0.4, 0.5) is 5.69 Å². The molecule has 2 heteroatoms. The predicted molar refractivity (Wildman–Crippen MR) is 87.0 cm³/mol. The van der Waals surface area contributed by atoms with Gasteiger partial charge in [-0.05, 0) is 54.5 Å². The molecular formula is C19H19NO. The molecular weight excluding hydrogens is 258 g/mol. The zero-order valence-electron chi connectivity index (χ0n) is 12.0. The number of para-hydroxylation sites is 1. The van der Waals surface area contributed by atoms with Gasteiger partial charge < -0.3 is 10.4 Å². The summed E-state index contributed by atoms with van der Waals surface area (Å²) in [6, 6.07) is 14.6. The molecule has 2 nitrogen and oxygen atoms in total. The lowest BCUT2D eigenvalue weighted by Crippen LogP contribution is -2.12. The highest BCUT2D eigenvalue weighted by atomic mass is 16.3. The van der Waals surface area contributed by atoms with E-state index in [1.165, 1.54) is 36.0 Å². The molecule has 2 aromatic carbocycles. The molecule has 0 amide bonds. The van der Waals surface area contributed by atoms with Crippen molar-refractivity contribution in [3.63, 3.8) is 0 Å². The van der Waals surface area contributed by atoms with E-state index < -0.39 is 6.23 Å². The van der Waals surface area contributed by atoms with Crippen LogP contribution < -0.4 is 5.32 Å². The van der Waals surface area contributed by atoms with E-state index >= 15 is 0 Å². The Kier molecular flexibility index (Phi) is 3.04. The maximum absolute atomic E-state index is 10.3. The predicted octanol–water partition coefficient (Wildman–Crippen LogP) is 3.85. The van der Waals surface area contributed by atoms with Crippen molar-refractivity contribution in [2.24, 2.45) is 0 Å². The van der Waals surface area contributed by atoms with Crippen LogP contribution in [-0.4, -0.2) is 11.3 Å². The Morgan fingerprint density at radius 2 is 1.86 bits per heavy atom. The van der Waals surface area contributed by atoms with Crippen molar-refractivity contribution in [3.05, 3.63) is 64.7 Å². The van der Waals surface area contributed by atoms with Crippen molar-refractivity contribution in [1.82, 2.24) is 0 Å². The van der Waals surface area contributed by atoms with E-state index in [9.17, 15) is 5.11 Å². The molecule has 2 aromatic rings. The van der Waals surface area contributed by atoms with Gasteiger partial charge in [-0.3, -0.25) is 0 Å². The molecule has 1 aliphatic heterocycles. The van der Waals surface area contributed by atoms with Crippen molar-refractivity contribution >= 4 is 17.3 Å². The molecule has 21 heavy (non-hydrogen) atoms. The zero-order chi connectivity index (χ0) is 14.2. The van der Waals surface area contributed by atoms with E-state index in [2.05, 4.69) is 35.7 Å². The molecule has 1 atom stereocenters. The minimum atomic E-state index is -0.609. The highest BCUT2D eigenvalue weighted by Crippen LogP contribution is 2.36. The molecule has 0 radical (unpaired) electrons. The number of fused-ring (bicyclic) bond motifs is 2. The number of hydrogen-bond acceptors (Lipinski definition) is 2. The molecule has 0 saturated carbocycles. The van der Waals surface area contributed by atoms with Gasteiger partial charge >= 0.3 is 0 Å². The average Bonchev–Trinajstić information content (AvgIpc) is 2.84. The number of hydrogen-bond donors (Lipinski definition) is 2. The van der Waals surface area contributed by atoms with E-state index in [0.29, 0.717) is 0 Å². The van der Waals surface area contributed by atoms with Crippen molar-refractivity contribution in [2.45, 2.75) is 31.9 Å². The second-order valence-electron chi connectivity index (χ2n) is 5.88. The Balaban J connectivity index is 1.82. The van der Waals surface area contributed by atoms with Gasteiger partial charge in [0, 0.05) is 16.8 Å². The Morgan fingerprint density at radius 3 is 2.81 bits per heavy atom. The van der Waals surface area contributed by atoms with Gasteiger partial charge in [0.25, 0.3) is 0 Å². The lowest BCUT2D eigenvalue weighted by atomic mass is 9.87. The number of aliphatic hydroxyl groups is 1. The van der Waals surface area contributed by atoms with Crippen molar-refractivity contribution in [2.75, 3.05) is 5.32 Å². The first-order chi connectivity index (χ1) is 10.3. The molecule has 106 valence electrons. The van der Waals surface area contributed by atoms with E-state index in [1.54, 1.807) is 0 Å². The SMILES string of the molecule is OC1Nc2ccccc2C1=Cc1cccc2c1CCCC2. The summed E-state index contributed by atoms with van der Waals surface area (Å²) in [6.45, 7) is 0. The van der Waals surface area contributed by atoms with E-state index in [-0.39, 0.29) is 0 Å². The number of rotatable bonds is 1. The first-order valence-corrected chi connectivity index (χ1v) is 7.69. The number of anilines is 1. The maximum Gasteiger partial charge on any atom is 0.151 e.